The zero-order valence-corrected chi connectivity index (χ0v) is 21.9. The van der Waals surface area contributed by atoms with Crippen LogP contribution in [-0.2, 0) is 19.0 Å². The van der Waals surface area contributed by atoms with E-state index < -0.39 is 102 Å². The fourth-order valence-corrected chi connectivity index (χ4v) is 5.15. The van der Waals surface area contributed by atoms with Crippen molar-refractivity contribution in [3.63, 3.8) is 0 Å². The van der Waals surface area contributed by atoms with Gasteiger partial charge in [0.25, 0.3) is 0 Å². The molecule has 232 valence electrons. The third kappa shape index (κ3) is 5.40. The first-order valence-electron chi connectivity index (χ1n) is 12.9. The number of ether oxygens (including phenoxy) is 3. The van der Waals surface area contributed by atoms with Crippen molar-refractivity contribution in [2.75, 3.05) is 6.61 Å². The van der Waals surface area contributed by atoms with Gasteiger partial charge in [-0.25, -0.2) is 4.79 Å². The van der Waals surface area contributed by atoms with Gasteiger partial charge in [-0.1, -0.05) is 0 Å². The molecular weight excluding hydrogens is 580 g/mol. The molecule has 43 heavy (non-hydrogen) atoms. The fourth-order valence-electron chi connectivity index (χ4n) is 5.15. The number of fused-ring (bicyclic) bond motifs is 1. The largest absolute Gasteiger partial charge is 0.508 e. The van der Waals surface area contributed by atoms with Crippen LogP contribution in [0.2, 0.25) is 0 Å². The van der Waals surface area contributed by atoms with Crippen LogP contribution in [-0.4, -0.2) is 119 Å². The summed E-state index contributed by atoms with van der Waals surface area (Å²) < 4.78 is 22.0. The highest BCUT2D eigenvalue weighted by atomic mass is 16.7. The minimum absolute atomic E-state index is 0.0234. The predicted molar refractivity (Wildman–Crippen MR) is 139 cm³/mol. The lowest BCUT2D eigenvalue weighted by atomic mass is 9.89. The molecule has 10 atom stereocenters. The highest BCUT2D eigenvalue weighted by Gasteiger charge is 2.53. The molecule has 0 aliphatic carbocycles. The van der Waals surface area contributed by atoms with E-state index in [1.165, 1.54) is 24.3 Å². The van der Waals surface area contributed by atoms with Crippen molar-refractivity contribution in [2.45, 2.75) is 61.2 Å². The smallest absolute Gasteiger partial charge is 0.335 e. The standard InChI is InChI=1S/C27H28O16/c28-7-14-17(32)20(35)24(42-27-22(37)19(34)21(36)25(43-27)26(38)39)23(41-14)16-11(31)6-13-15(18(16)33)10(30)5-12(40-13)8-1-3-9(29)4-2-8/h1-6,14,17,19-25,27-29,31-37H,7H2,(H,38,39)/t14-,17-,19+,20+,21+,22-,23+,24-,25+,27-/m1/s1. The lowest BCUT2D eigenvalue weighted by Crippen LogP contribution is -2.63. The van der Waals surface area contributed by atoms with E-state index in [0.717, 1.165) is 12.1 Å². The summed E-state index contributed by atoms with van der Waals surface area (Å²) in [5.74, 6) is -3.41. The average molecular weight is 609 g/mol. The Morgan fingerprint density at radius 1 is 0.860 bits per heavy atom. The number of aliphatic carboxylic acids is 1. The minimum Gasteiger partial charge on any atom is -0.508 e. The summed E-state index contributed by atoms with van der Waals surface area (Å²) in [7, 11) is 0. The lowest BCUT2D eigenvalue weighted by Gasteiger charge is -2.46. The number of carboxylic acid groups (broad SMARTS) is 1. The molecule has 3 aromatic rings. The molecule has 0 saturated carbocycles. The van der Waals surface area contributed by atoms with Crippen LogP contribution < -0.4 is 5.43 Å². The van der Waals surface area contributed by atoms with Crippen molar-refractivity contribution in [3.05, 3.63) is 52.2 Å². The van der Waals surface area contributed by atoms with Crippen LogP contribution in [0.1, 0.15) is 11.7 Å². The number of phenolic OH excluding ortho intramolecular Hbond substituents is 3. The maximum absolute atomic E-state index is 13.1. The van der Waals surface area contributed by atoms with Crippen molar-refractivity contribution in [3.8, 4) is 28.6 Å². The molecule has 0 spiro atoms. The van der Waals surface area contributed by atoms with E-state index in [9.17, 15) is 60.7 Å². The number of carbonyl (C=O) groups is 1. The van der Waals surface area contributed by atoms with E-state index in [0.29, 0.717) is 5.56 Å². The van der Waals surface area contributed by atoms with Crippen LogP contribution in [0, 0.1) is 0 Å². The Morgan fingerprint density at radius 2 is 1.53 bits per heavy atom. The van der Waals surface area contributed by atoms with Crippen molar-refractivity contribution in [1.82, 2.24) is 0 Å². The van der Waals surface area contributed by atoms with E-state index in [1.54, 1.807) is 0 Å². The first-order chi connectivity index (χ1) is 20.3. The molecule has 2 fully saturated rings. The molecule has 0 radical (unpaired) electrons. The fraction of sp³-hybridized carbons (Fsp3) is 0.407. The Balaban J connectivity index is 1.58. The number of hydrogen-bond donors (Lipinski definition) is 10. The highest BCUT2D eigenvalue weighted by molar-refractivity contribution is 5.88. The van der Waals surface area contributed by atoms with Crippen molar-refractivity contribution < 1.29 is 74.5 Å². The van der Waals surface area contributed by atoms with Crippen molar-refractivity contribution in [2.24, 2.45) is 0 Å². The maximum Gasteiger partial charge on any atom is 0.335 e. The summed E-state index contributed by atoms with van der Waals surface area (Å²) in [6, 6.07) is 7.60. The van der Waals surface area contributed by atoms with E-state index in [4.69, 9.17) is 18.6 Å². The van der Waals surface area contributed by atoms with E-state index in [2.05, 4.69) is 0 Å². The number of aromatic hydroxyl groups is 3. The molecule has 3 heterocycles. The van der Waals surface area contributed by atoms with Gasteiger partial charge < -0.3 is 69.7 Å². The molecule has 10 N–H and O–H groups in total. The summed E-state index contributed by atoms with van der Waals surface area (Å²) in [5.41, 5.74) is -1.27. The molecule has 2 aromatic carbocycles. The van der Waals surface area contributed by atoms with E-state index >= 15 is 0 Å². The molecule has 2 aliphatic rings. The first-order valence-corrected chi connectivity index (χ1v) is 12.9. The number of aliphatic hydroxyl groups excluding tert-OH is 6. The Kier molecular flexibility index (Phi) is 8.32. The number of carboxylic acids is 1. The van der Waals surface area contributed by atoms with Gasteiger partial charge in [-0.15, -0.1) is 0 Å². The molecule has 1 aromatic heterocycles. The average Bonchev–Trinajstić information content (AvgIpc) is 2.96. The Bertz CT molecular complexity index is 1550. The van der Waals surface area contributed by atoms with Gasteiger partial charge in [0.1, 0.15) is 82.8 Å². The van der Waals surface area contributed by atoms with Gasteiger partial charge in [-0.05, 0) is 24.3 Å². The van der Waals surface area contributed by atoms with E-state index in [-0.39, 0.29) is 17.1 Å². The number of rotatable bonds is 6. The van der Waals surface area contributed by atoms with Crippen LogP contribution in [0.3, 0.4) is 0 Å². The van der Waals surface area contributed by atoms with Gasteiger partial charge in [0.2, 0.25) is 0 Å². The van der Waals surface area contributed by atoms with Crippen molar-refractivity contribution >= 4 is 16.9 Å². The number of hydrogen-bond acceptors (Lipinski definition) is 15. The van der Waals surface area contributed by atoms with Gasteiger partial charge in [-0.2, -0.15) is 0 Å². The highest BCUT2D eigenvalue weighted by Crippen LogP contribution is 2.46. The first kappa shape index (κ1) is 30.6. The van der Waals surface area contributed by atoms with Crippen LogP contribution in [0.15, 0.2) is 45.6 Å². The van der Waals surface area contributed by atoms with Crippen LogP contribution in [0.4, 0.5) is 0 Å². The van der Waals surface area contributed by atoms with Gasteiger partial charge in [0.15, 0.2) is 17.8 Å². The van der Waals surface area contributed by atoms with Gasteiger partial charge in [-0.3, -0.25) is 4.79 Å². The normalized spacial score (nSPS) is 33.0. The molecule has 16 heteroatoms. The minimum atomic E-state index is -2.09. The quantitative estimate of drug-likeness (QED) is 0.145. The van der Waals surface area contributed by atoms with Gasteiger partial charge >= 0.3 is 5.97 Å². The summed E-state index contributed by atoms with van der Waals surface area (Å²) in [5, 5.41) is 102. The summed E-state index contributed by atoms with van der Waals surface area (Å²) >= 11 is 0. The molecule has 2 saturated heterocycles. The molecule has 5 rings (SSSR count). The zero-order valence-electron chi connectivity index (χ0n) is 21.9. The number of phenols is 3. The lowest BCUT2D eigenvalue weighted by molar-refractivity contribution is -0.337. The second kappa shape index (κ2) is 11.7. The Labute approximate surface area is 240 Å². The molecular formula is C27H28O16. The second-order valence-corrected chi connectivity index (χ2v) is 10.1. The van der Waals surface area contributed by atoms with Crippen LogP contribution >= 0.6 is 0 Å². The van der Waals surface area contributed by atoms with Crippen molar-refractivity contribution in [1.29, 1.82) is 0 Å². The third-order valence-electron chi connectivity index (χ3n) is 7.42. The molecule has 2 aliphatic heterocycles. The third-order valence-corrected chi connectivity index (χ3v) is 7.42. The SMILES string of the molecule is O=C(O)[C@H]1O[C@@H](O[C@@H]2[C@@H](O)[C@H](O)[C@@H](CO)O[C@H]2c2c(O)cc3oc(-c4ccc(O)cc4)cc(=O)c3c2O)[C@H](O)[C@@H](O)[C@@H]1O. The van der Waals surface area contributed by atoms with Crippen LogP contribution in [0.25, 0.3) is 22.3 Å². The topological polar surface area (TPSA) is 277 Å². The van der Waals surface area contributed by atoms with Gasteiger partial charge in [0.05, 0.1) is 12.2 Å². The summed E-state index contributed by atoms with van der Waals surface area (Å²) in [6.45, 7) is -0.872. The molecule has 0 bridgehead atoms. The molecule has 0 amide bonds. The maximum atomic E-state index is 13.1. The van der Waals surface area contributed by atoms with Crippen LogP contribution in [0.5, 0.6) is 17.2 Å². The summed E-state index contributed by atoms with van der Waals surface area (Å²) in [6.07, 6.45) is -19.5. The zero-order chi connectivity index (χ0) is 31.3. The Morgan fingerprint density at radius 3 is 2.16 bits per heavy atom. The predicted octanol–water partition coefficient (Wildman–Crippen LogP) is -1.99. The van der Waals surface area contributed by atoms with Gasteiger partial charge in [0, 0.05) is 17.7 Å². The van der Waals surface area contributed by atoms with E-state index in [1.807, 2.05) is 0 Å². The molecule has 0 unspecified atom stereocenters. The monoisotopic (exact) mass is 608 g/mol. The number of benzene rings is 2. The molecule has 16 nitrogen and oxygen atoms in total. The Hall–Kier alpha value is -3.84. The summed E-state index contributed by atoms with van der Waals surface area (Å²) in [4.78, 5) is 24.7. The number of aliphatic hydroxyl groups is 6. The second-order valence-electron chi connectivity index (χ2n) is 10.1.